The van der Waals surface area contributed by atoms with E-state index in [0.717, 1.165) is 22.5 Å². The standard InChI is InChI=1S/C23H19FN6O6S/c24-13-9-27-30-16(22(33)26-8-12-2-4-18(37-12)23(34)35)6-15(29-20(13)30)21(32)25-7-11-1-3-17-14(5-11)28-19(31)10-36-17/h1-3,5-6,9,18H,4,7-8,10H2,(H,25,32)(H,26,33)(H,28,31)(H,34,35). The fraction of sp³-hybridized carbons (Fsp3) is 0.217. The van der Waals surface area contributed by atoms with Crippen LogP contribution in [-0.2, 0) is 16.1 Å². The lowest BCUT2D eigenvalue weighted by Crippen LogP contribution is -2.29. The quantitative estimate of drug-likeness (QED) is 0.356. The Bertz CT molecular complexity index is 1490. The van der Waals surface area contributed by atoms with Crippen molar-refractivity contribution in [3.63, 3.8) is 0 Å². The summed E-state index contributed by atoms with van der Waals surface area (Å²) in [6, 6.07) is 6.24. The molecular weight excluding hydrogens is 507 g/mol. The van der Waals surface area contributed by atoms with Crippen molar-refractivity contribution in [2.45, 2.75) is 18.2 Å². The molecule has 2 aliphatic rings. The van der Waals surface area contributed by atoms with Crippen molar-refractivity contribution in [3.05, 3.63) is 64.2 Å². The van der Waals surface area contributed by atoms with Crippen LogP contribution in [0.25, 0.3) is 5.65 Å². The van der Waals surface area contributed by atoms with Crippen molar-refractivity contribution in [3.8, 4) is 5.75 Å². The topological polar surface area (TPSA) is 164 Å². The predicted octanol–water partition coefficient (Wildman–Crippen LogP) is 1.33. The van der Waals surface area contributed by atoms with Crippen LogP contribution in [0.2, 0.25) is 0 Å². The highest BCUT2D eigenvalue weighted by Crippen LogP contribution is 2.32. The molecule has 12 nitrogen and oxygen atoms in total. The van der Waals surface area contributed by atoms with E-state index in [-0.39, 0.29) is 42.6 Å². The van der Waals surface area contributed by atoms with Crippen LogP contribution >= 0.6 is 11.8 Å². The second-order valence-corrected chi connectivity index (χ2v) is 9.47. The van der Waals surface area contributed by atoms with Crippen LogP contribution < -0.4 is 20.7 Å². The smallest absolute Gasteiger partial charge is 0.317 e. The van der Waals surface area contributed by atoms with E-state index in [2.05, 4.69) is 26.0 Å². The number of amides is 3. The summed E-state index contributed by atoms with van der Waals surface area (Å²) in [7, 11) is 0. The lowest BCUT2D eigenvalue weighted by Gasteiger charge is -2.18. The third kappa shape index (κ3) is 5.09. The number of anilines is 1. The number of thioether (sulfide) groups is 1. The van der Waals surface area contributed by atoms with E-state index in [1.165, 1.54) is 6.07 Å². The summed E-state index contributed by atoms with van der Waals surface area (Å²) in [6.45, 7) is 0.0623. The molecule has 1 aromatic carbocycles. The fourth-order valence-corrected chi connectivity index (χ4v) is 4.77. The van der Waals surface area contributed by atoms with Crippen LogP contribution in [0.5, 0.6) is 5.75 Å². The summed E-state index contributed by atoms with van der Waals surface area (Å²) in [5, 5.41) is 20.3. The zero-order valence-electron chi connectivity index (χ0n) is 19.0. The van der Waals surface area contributed by atoms with Crippen LogP contribution in [-0.4, -0.2) is 61.8 Å². The number of allylic oxidation sites excluding steroid dienone is 1. The Kier molecular flexibility index (Phi) is 6.48. The third-order valence-electron chi connectivity index (χ3n) is 5.58. The Morgan fingerprint density at radius 3 is 2.81 bits per heavy atom. The molecule has 5 rings (SSSR count). The maximum absolute atomic E-state index is 14.3. The highest BCUT2D eigenvalue weighted by Gasteiger charge is 2.25. The maximum atomic E-state index is 14.3. The summed E-state index contributed by atoms with van der Waals surface area (Å²) in [5.41, 5.74) is 0.521. The van der Waals surface area contributed by atoms with Crippen molar-refractivity contribution in [2.75, 3.05) is 18.5 Å². The van der Waals surface area contributed by atoms with Crippen LogP contribution in [0.15, 0.2) is 41.4 Å². The van der Waals surface area contributed by atoms with Gasteiger partial charge in [0.1, 0.15) is 22.4 Å². The molecule has 0 radical (unpaired) electrons. The molecule has 0 aliphatic carbocycles. The number of rotatable bonds is 7. The van der Waals surface area contributed by atoms with Gasteiger partial charge in [0, 0.05) is 24.1 Å². The predicted molar refractivity (Wildman–Crippen MR) is 129 cm³/mol. The van der Waals surface area contributed by atoms with Crippen molar-refractivity contribution < 1.29 is 33.4 Å². The average molecular weight is 527 g/mol. The Morgan fingerprint density at radius 2 is 2.03 bits per heavy atom. The van der Waals surface area contributed by atoms with Gasteiger partial charge in [-0.3, -0.25) is 19.2 Å². The van der Waals surface area contributed by atoms with Gasteiger partial charge in [-0.2, -0.15) is 5.10 Å². The minimum Gasteiger partial charge on any atom is -0.482 e. The van der Waals surface area contributed by atoms with Crippen molar-refractivity contribution in [1.29, 1.82) is 0 Å². The highest BCUT2D eigenvalue weighted by atomic mass is 32.2. The number of halogens is 1. The zero-order chi connectivity index (χ0) is 26.1. The third-order valence-corrected chi connectivity index (χ3v) is 6.87. The number of nitrogens with zero attached hydrogens (tertiary/aromatic N) is 3. The molecule has 37 heavy (non-hydrogen) atoms. The minimum absolute atomic E-state index is 0.0637. The first kappa shape index (κ1) is 24.2. The molecule has 1 unspecified atom stereocenters. The number of nitrogens with one attached hydrogen (secondary N) is 3. The first-order valence-electron chi connectivity index (χ1n) is 11.0. The maximum Gasteiger partial charge on any atom is 0.317 e. The van der Waals surface area contributed by atoms with E-state index in [1.54, 1.807) is 24.3 Å². The zero-order valence-corrected chi connectivity index (χ0v) is 19.8. The van der Waals surface area contributed by atoms with E-state index in [4.69, 9.17) is 9.84 Å². The van der Waals surface area contributed by atoms with Gasteiger partial charge in [-0.15, -0.1) is 11.8 Å². The molecule has 0 saturated heterocycles. The number of benzene rings is 1. The van der Waals surface area contributed by atoms with Gasteiger partial charge in [0.05, 0.1) is 11.9 Å². The average Bonchev–Trinajstić information content (AvgIpc) is 3.52. The summed E-state index contributed by atoms with van der Waals surface area (Å²) < 4.78 is 20.6. The number of fused-ring (bicyclic) bond motifs is 2. The number of carboxylic acids is 1. The van der Waals surface area contributed by atoms with Gasteiger partial charge < -0.3 is 25.8 Å². The Balaban J connectivity index is 1.30. The van der Waals surface area contributed by atoms with Crippen LogP contribution in [0.3, 0.4) is 0 Å². The van der Waals surface area contributed by atoms with Crippen molar-refractivity contribution in [2.24, 2.45) is 0 Å². The molecule has 4 heterocycles. The molecule has 0 spiro atoms. The first-order chi connectivity index (χ1) is 17.8. The highest BCUT2D eigenvalue weighted by molar-refractivity contribution is 8.04. The molecule has 2 aliphatic heterocycles. The van der Waals surface area contributed by atoms with E-state index < -0.39 is 28.9 Å². The first-order valence-corrected chi connectivity index (χ1v) is 11.9. The lowest BCUT2D eigenvalue weighted by atomic mass is 10.1. The molecule has 3 aromatic rings. The van der Waals surface area contributed by atoms with E-state index >= 15 is 0 Å². The second-order valence-electron chi connectivity index (χ2n) is 8.14. The summed E-state index contributed by atoms with van der Waals surface area (Å²) in [4.78, 5) is 53.1. The number of carbonyl (C=O) groups excluding carboxylic acids is 3. The summed E-state index contributed by atoms with van der Waals surface area (Å²) >= 11 is 1.14. The van der Waals surface area contributed by atoms with Gasteiger partial charge in [-0.25, -0.2) is 13.9 Å². The largest absolute Gasteiger partial charge is 0.482 e. The summed E-state index contributed by atoms with van der Waals surface area (Å²) in [6.07, 6.45) is 2.97. The van der Waals surface area contributed by atoms with Crippen molar-refractivity contribution in [1.82, 2.24) is 25.2 Å². The molecular formula is C23H19FN6O6S. The molecule has 3 amide bonds. The molecule has 0 fully saturated rings. The number of aromatic nitrogens is 3. The molecule has 4 N–H and O–H groups in total. The van der Waals surface area contributed by atoms with Crippen LogP contribution in [0.1, 0.15) is 33.0 Å². The molecule has 14 heteroatoms. The molecule has 0 bridgehead atoms. The van der Waals surface area contributed by atoms with E-state index in [9.17, 15) is 23.6 Å². The number of ether oxygens (including phenoxy) is 1. The fourth-order valence-electron chi connectivity index (χ4n) is 3.77. The van der Waals surface area contributed by atoms with Crippen LogP contribution in [0, 0.1) is 5.82 Å². The number of carboxylic acid groups (broad SMARTS) is 1. The number of carbonyl (C=O) groups is 4. The van der Waals surface area contributed by atoms with Gasteiger partial charge in [-0.1, -0.05) is 12.1 Å². The molecule has 1 atom stereocenters. The van der Waals surface area contributed by atoms with Gasteiger partial charge in [0.2, 0.25) is 0 Å². The second kappa shape index (κ2) is 9.89. The number of aliphatic carboxylic acids is 1. The number of hydrogen-bond acceptors (Lipinski definition) is 8. The van der Waals surface area contributed by atoms with E-state index in [1.807, 2.05) is 0 Å². The summed E-state index contributed by atoms with van der Waals surface area (Å²) in [5.74, 6) is -2.82. The van der Waals surface area contributed by atoms with Gasteiger partial charge in [0.15, 0.2) is 18.1 Å². The van der Waals surface area contributed by atoms with Crippen molar-refractivity contribution >= 4 is 46.8 Å². The van der Waals surface area contributed by atoms with Gasteiger partial charge in [0.25, 0.3) is 17.7 Å². The van der Waals surface area contributed by atoms with Crippen LogP contribution in [0.4, 0.5) is 10.1 Å². The van der Waals surface area contributed by atoms with Gasteiger partial charge >= 0.3 is 5.97 Å². The SMILES string of the molecule is O=C1COc2ccc(CNC(=O)c3cc(C(=O)NCC4=CCC(C(=O)O)S4)n4ncc(F)c4n3)cc2N1. The lowest BCUT2D eigenvalue weighted by molar-refractivity contribution is -0.136. The molecule has 2 aromatic heterocycles. The Morgan fingerprint density at radius 1 is 1.22 bits per heavy atom. The Hall–Kier alpha value is -4.46. The number of hydrogen-bond donors (Lipinski definition) is 4. The minimum atomic E-state index is -0.936. The monoisotopic (exact) mass is 526 g/mol. The Labute approximate surface area is 212 Å². The van der Waals surface area contributed by atoms with Gasteiger partial charge in [-0.05, 0) is 24.1 Å². The van der Waals surface area contributed by atoms with E-state index in [0.29, 0.717) is 28.3 Å². The molecule has 190 valence electrons. The molecule has 0 saturated carbocycles. The normalized spacial score (nSPS) is 16.4.